The number of hydrogen-bond donors (Lipinski definition) is 2. The van der Waals surface area contributed by atoms with Gasteiger partial charge in [0.1, 0.15) is 5.54 Å². The van der Waals surface area contributed by atoms with Crippen LogP contribution in [0.25, 0.3) is 0 Å². The van der Waals surface area contributed by atoms with E-state index in [-0.39, 0.29) is 12.6 Å². The standard InChI is InChI=1S/C12H25NO3S/c1-5-13-12(3,11(15)16-4)9-10(2)17-8-6-7-14/h10,13-14H,5-9H2,1-4H3. The van der Waals surface area contributed by atoms with Crippen LogP contribution in [-0.4, -0.2) is 47.9 Å². The van der Waals surface area contributed by atoms with E-state index in [1.54, 1.807) is 11.8 Å². The third-order valence-corrected chi connectivity index (χ3v) is 3.86. The van der Waals surface area contributed by atoms with Crippen molar-refractivity contribution in [2.45, 2.75) is 44.4 Å². The van der Waals surface area contributed by atoms with Gasteiger partial charge in [-0.15, -0.1) is 0 Å². The minimum Gasteiger partial charge on any atom is -0.468 e. The molecule has 102 valence electrons. The number of carbonyl (C=O) groups is 1. The molecule has 17 heavy (non-hydrogen) atoms. The minimum absolute atomic E-state index is 0.214. The van der Waals surface area contributed by atoms with Crippen LogP contribution < -0.4 is 5.32 Å². The van der Waals surface area contributed by atoms with E-state index < -0.39 is 5.54 Å². The van der Waals surface area contributed by atoms with Gasteiger partial charge in [0, 0.05) is 11.9 Å². The fraction of sp³-hybridized carbons (Fsp3) is 0.917. The van der Waals surface area contributed by atoms with Gasteiger partial charge in [0.15, 0.2) is 0 Å². The fourth-order valence-electron chi connectivity index (χ4n) is 1.83. The van der Waals surface area contributed by atoms with Gasteiger partial charge in [0.2, 0.25) is 0 Å². The molecule has 0 rings (SSSR count). The van der Waals surface area contributed by atoms with E-state index in [2.05, 4.69) is 12.2 Å². The highest BCUT2D eigenvalue weighted by atomic mass is 32.2. The third kappa shape index (κ3) is 6.29. The zero-order chi connectivity index (χ0) is 13.3. The van der Waals surface area contributed by atoms with Gasteiger partial charge in [-0.1, -0.05) is 13.8 Å². The molecule has 0 fully saturated rings. The lowest BCUT2D eigenvalue weighted by atomic mass is 9.96. The molecule has 0 aromatic carbocycles. The molecule has 0 bridgehead atoms. The monoisotopic (exact) mass is 263 g/mol. The van der Waals surface area contributed by atoms with Crippen molar-refractivity contribution in [3.63, 3.8) is 0 Å². The average molecular weight is 263 g/mol. The molecule has 0 radical (unpaired) electrons. The number of carbonyl (C=O) groups excluding carboxylic acids is 1. The first kappa shape index (κ1) is 16.7. The first-order valence-corrected chi connectivity index (χ1v) is 7.11. The van der Waals surface area contributed by atoms with Gasteiger partial charge in [-0.3, -0.25) is 4.79 Å². The number of methoxy groups -OCH3 is 1. The minimum atomic E-state index is -0.616. The van der Waals surface area contributed by atoms with Crippen molar-refractivity contribution in [1.29, 1.82) is 0 Å². The van der Waals surface area contributed by atoms with Gasteiger partial charge in [-0.2, -0.15) is 11.8 Å². The van der Waals surface area contributed by atoms with Crippen molar-refractivity contribution >= 4 is 17.7 Å². The number of aliphatic hydroxyl groups excluding tert-OH is 1. The number of nitrogens with one attached hydrogen (secondary N) is 1. The van der Waals surface area contributed by atoms with Crippen molar-refractivity contribution < 1.29 is 14.6 Å². The normalized spacial score (nSPS) is 16.3. The SMILES string of the molecule is CCNC(C)(CC(C)SCCCO)C(=O)OC. The van der Waals surface area contributed by atoms with E-state index in [0.717, 1.165) is 25.1 Å². The summed E-state index contributed by atoms with van der Waals surface area (Å²) in [6.45, 7) is 6.91. The third-order valence-electron chi connectivity index (χ3n) is 2.60. The molecule has 5 heteroatoms. The Labute approximate surface area is 108 Å². The van der Waals surface area contributed by atoms with Crippen LogP contribution in [0.5, 0.6) is 0 Å². The van der Waals surface area contributed by atoms with Gasteiger partial charge in [-0.25, -0.2) is 0 Å². The van der Waals surface area contributed by atoms with Gasteiger partial charge in [0.25, 0.3) is 0 Å². The van der Waals surface area contributed by atoms with Crippen LogP contribution in [0.15, 0.2) is 0 Å². The second-order valence-corrected chi connectivity index (χ2v) is 5.86. The molecular weight excluding hydrogens is 238 g/mol. The predicted octanol–water partition coefficient (Wildman–Crippen LogP) is 1.42. The summed E-state index contributed by atoms with van der Waals surface area (Å²) in [6, 6.07) is 0. The van der Waals surface area contributed by atoms with Crippen LogP contribution in [-0.2, 0) is 9.53 Å². The van der Waals surface area contributed by atoms with E-state index in [1.807, 2.05) is 13.8 Å². The number of aliphatic hydroxyl groups is 1. The number of thioether (sulfide) groups is 1. The topological polar surface area (TPSA) is 58.6 Å². The fourth-order valence-corrected chi connectivity index (χ4v) is 2.98. The van der Waals surface area contributed by atoms with Gasteiger partial charge in [-0.05, 0) is 32.1 Å². The summed E-state index contributed by atoms with van der Waals surface area (Å²) in [5.41, 5.74) is -0.616. The molecule has 0 aromatic rings. The maximum absolute atomic E-state index is 11.8. The molecule has 0 amide bonds. The Morgan fingerprint density at radius 2 is 2.24 bits per heavy atom. The van der Waals surface area contributed by atoms with E-state index in [1.165, 1.54) is 7.11 Å². The first-order valence-electron chi connectivity index (χ1n) is 6.06. The maximum atomic E-state index is 11.8. The number of rotatable bonds is 9. The highest BCUT2D eigenvalue weighted by Gasteiger charge is 2.34. The summed E-state index contributed by atoms with van der Waals surface area (Å²) in [6.07, 6.45) is 1.52. The average Bonchev–Trinajstić information content (AvgIpc) is 2.28. The molecular formula is C12H25NO3S. The largest absolute Gasteiger partial charge is 0.468 e. The quantitative estimate of drug-likeness (QED) is 0.487. The molecule has 0 heterocycles. The van der Waals surface area contributed by atoms with E-state index >= 15 is 0 Å². The predicted molar refractivity (Wildman–Crippen MR) is 72.3 cm³/mol. The molecule has 4 nitrogen and oxygen atoms in total. The second kappa shape index (κ2) is 8.78. The highest BCUT2D eigenvalue weighted by molar-refractivity contribution is 7.99. The molecule has 0 saturated carbocycles. The second-order valence-electron chi connectivity index (χ2n) is 4.32. The molecule has 2 N–H and O–H groups in total. The molecule has 0 spiro atoms. The van der Waals surface area contributed by atoms with Crippen LogP contribution in [0.3, 0.4) is 0 Å². The Morgan fingerprint density at radius 1 is 1.59 bits per heavy atom. The van der Waals surface area contributed by atoms with E-state index in [4.69, 9.17) is 9.84 Å². The summed E-state index contributed by atoms with van der Waals surface area (Å²) in [5.74, 6) is 0.704. The zero-order valence-corrected chi connectivity index (χ0v) is 12.1. The Kier molecular flexibility index (Phi) is 8.64. The van der Waals surface area contributed by atoms with Crippen LogP contribution in [0.4, 0.5) is 0 Å². The molecule has 2 atom stereocenters. The Morgan fingerprint density at radius 3 is 2.71 bits per heavy atom. The molecule has 2 unspecified atom stereocenters. The van der Waals surface area contributed by atoms with Crippen LogP contribution >= 0.6 is 11.8 Å². The number of likely N-dealkylation sites (N-methyl/N-ethyl adjacent to an activating group) is 1. The van der Waals surface area contributed by atoms with Crippen molar-refractivity contribution in [2.75, 3.05) is 26.0 Å². The Balaban J connectivity index is 4.27. The van der Waals surface area contributed by atoms with Gasteiger partial charge in [0.05, 0.1) is 7.11 Å². The van der Waals surface area contributed by atoms with Crippen molar-refractivity contribution in [2.24, 2.45) is 0 Å². The van der Waals surface area contributed by atoms with Crippen molar-refractivity contribution in [3.05, 3.63) is 0 Å². The van der Waals surface area contributed by atoms with Gasteiger partial charge < -0.3 is 15.2 Å². The number of esters is 1. The van der Waals surface area contributed by atoms with Gasteiger partial charge >= 0.3 is 5.97 Å². The van der Waals surface area contributed by atoms with Crippen LogP contribution in [0.1, 0.15) is 33.6 Å². The highest BCUT2D eigenvalue weighted by Crippen LogP contribution is 2.23. The summed E-state index contributed by atoms with van der Waals surface area (Å²) >= 11 is 1.77. The summed E-state index contributed by atoms with van der Waals surface area (Å²) in [4.78, 5) is 11.8. The molecule has 0 aliphatic carbocycles. The smallest absolute Gasteiger partial charge is 0.325 e. The van der Waals surface area contributed by atoms with Crippen molar-refractivity contribution in [1.82, 2.24) is 5.32 Å². The number of ether oxygens (including phenoxy) is 1. The maximum Gasteiger partial charge on any atom is 0.325 e. The summed E-state index contributed by atoms with van der Waals surface area (Å²) in [5, 5.41) is 12.3. The molecule has 0 aliphatic heterocycles. The summed E-state index contributed by atoms with van der Waals surface area (Å²) in [7, 11) is 1.42. The first-order chi connectivity index (χ1) is 8.00. The Hall–Kier alpha value is -0.260. The number of hydrogen-bond acceptors (Lipinski definition) is 5. The zero-order valence-electron chi connectivity index (χ0n) is 11.3. The lowest BCUT2D eigenvalue weighted by Crippen LogP contribution is -2.51. The van der Waals surface area contributed by atoms with Crippen molar-refractivity contribution in [3.8, 4) is 0 Å². The van der Waals surface area contributed by atoms with E-state index in [9.17, 15) is 4.79 Å². The van der Waals surface area contributed by atoms with Crippen LogP contribution in [0, 0.1) is 0 Å². The molecule has 0 saturated heterocycles. The Bertz CT molecular complexity index is 226. The summed E-state index contributed by atoms with van der Waals surface area (Å²) < 4.78 is 4.84. The van der Waals surface area contributed by atoms with Crippen LogP contribution in [0.2, 0.25) is 0 Å². The lowest BCUT2D eigenvalue weighted by molar-refractivity contribution is -0.148. The van der Waals surface area contributed by atoms with E-state index in [0.29, 0.717) is 5.25 Å². The molecule has 0 aromatic heterocycles. The lowest BCUT2D eigenvalue weighted by Gasteiger charge is -2.30. The molecule has 0 aliphatic rings.